The smallest absolute Gasteiger partial charge is 0.282 e. The summed E-state index contributed by atoms with van der Waals surface area (Å²) in [5, 5.41) is 0. The van der Waals surface area contributed by atoms with Crippen molar-refractivity contribution in [1.29, 1.82) is 0 Å². The van der Waals surface area contributed by atoms with Crippen LogP contribution in [0.15, 0.2) is 30.3 Å². The van der Waals surface area contributed by atoms with Crippen molar-refractivity contribution in [1.82, 2.24) is 8.61 Å². The molecule has 0 radical (unpaired) electrons. The van der Waals surface area contributed by atoms with Gasteiger partial charge in [-0.25, -0.2) is 0 Å². The predicted octanol–water partition coefficient (Wildman–Crippen LogP) is 1.85. The van der Waals surface area contributed by atoms with Gasteiger partial charge in [-0.3, -0.25) is 0 Å². The molecule has 1 aromatic carbocycles. The Kier molecular flexibility index (Phi) is 7.79. The minimum absolute atomic E-state index is 0. The Bertz CT molecular complexity index is 539. The summed E-state index contributed by atoms with van der Waals surface area (Å²) in [6, 6.07) is 9.71. The van der Waals surface area contributed by atoms with E-state index in [1.54, 1.807) is 8.61 Å². The molecule has 0 aromatic heterocycles. The minimum Gasteiger partial charge on any atom is -0.330 e. The van der Waals surface area contributed by atoms with Crippen LogP contribution >= 0.6 is 12.4 Å². The lowest BCUT2D eigenvalue weighted by Gasteiger charge is -2.35. The highest BCUT2D eigenvalue weighted by Crippen LogP contribution is 2.21. The molecule has 0 amide bonds. The Balaban J connectivity index is 0.00000242. The summed E-state index contributed by atoms with van der Waals surface area (Å²) in [5.74, 6) is 0.281. The van der Waals surface area contributed by atoms with E-state index < -0.39 is 10.2 Å². The molecule has 2 rings (SSSR count). The number of hydrogen-bond donors (Lipinski definition) is 1. The van der Waals surface area contributed by atoms with Gasteiger partial charge in [-0.15, -0.1) is 12.4 Å². The zero-order chi connectivity index (χ0) is 15.3. The first kappa shape index (κ1) is 19.4. The standard InChI is InChI=1S/C15H25N3O2S.ClH/c1-2-17(12-14-7-4-3-5-8-14)21(19,20)18-10-6-9-15(11-16)13-18;/h3-5,7-8,15H,2,6,9-13,16H2,1H3;1H. The van der Waals surface area contributed by atoms with E-state index in [4.69, 9.17) is 5.73 Å². The normalized spacial score (nSPS) is 19.9. The van der Waals surface area contributed by atoms with Gasteiger partial charge in [-0.05, 0) is 30.9 Å². The highest BCUT2D eigenvalue weighted by molar-refractivity contribution is 7.86. The first-order valence-corrected chi connectivity index (χ1v) is 8.96. The van der Waals surface area contributed by atoms with Crippen LogP contribution in [0.2, 0.25) is 0 Å². The summed E-state index contributed by atoms with van der Waals surface area (Å²) >= 11 is 0. The van der Waals surface area contributed by atoms with Crippen molar-refractivity contribution in [3.05, 3.63) is 35.9 Å². The van der Waals surface area contributed by atoms with E-state index in [1.165, 1.54) is 0 Å². The average molecular weight is 348 g/mol. The topological polar surface area (TPSA) is 66.6 Å². The molecule has 1 saturated heterocycles. The molecule has 22 heavy (non-hydrogen) atoms. The van der Waals surface area contributed by atoms with Gasteiger partial charge >= 0.3 is 0 Å². The second kappa shape index (κ2) is 8.84. The Morgan fingerprint density at radius 2 is 2.00 bits per heavy atom. The molecule has 1 heterocycles. The third kappa shape index (κ3) is 4.67. The van der Waals surface area contributed by atoms with Gasteiger partial charge in [-0.2, -0.15) is 17.0 Å². The molecular weight excluding hydrogens is 322 g/mol. The second-order valence-electron chi connectivity index (χ2n) is 5.52. The molecule has 1 aromatic rings. The number of rotatable bonds is 6. The highest BCUT2D eigenvalue weighted by atomic mass is 35.5. The summed E-state index contributed by atoms with van der Waals surface area (Å²) in [4.78, 5) is 0. The van der Waals surface area contributed by atoms with Gasteiger partial charge in [-0.1, -0.05) is 37.3 Å². The van der Waals surface area contributed by atoms with Crippen molar-refractivity contribution >= 4 is 22.6 Å². The lowest BCUT2D eigenvalue weighted by molar-refractivity contribution is 0.250. The van der Waals surface area contributed by atoms with Gasteiger partial charge in [0.15, 0.2) is 0 Å². The molecule has 1 atom stereocenters. The van der Waals surface area contributed by atoms with Gasteiger partial charge in [0, 0.05) is 26.2 Å². The lowest BCUT2D eigenvalue weighted by atomic mass is 10.0. The SMILES string of the molecule is CCN(Cc1ccccc1)S(=O)(=O)N1CCCC(CN)C1.Cl. The van der Waals surface area contributed by atoms with E-state index in [-0.39, 0.29) is 18.3 Å². The van der Waals surface area contributed by atoms with Crippen LogP contribution in [0.25, 0.3) is 0 Å². The zero-order valence-electron chi connectivity index (χ0n) is 13.0. The highest BCUT2D eigenvalue weighted by Gasteiger charge is 2.32. The molecular formula is C15H26ClN3O2S. The zero-order valence-corrected chi connectivity index (χ0v) is 14.7. The molecule has 7 heteroatoms. The van der Waals surface area contributed by atoms with Crippen LogP contribution < -0.4 is 5.73 Å². The van der Waals surface area contributed by atoms with Crippen molar-refractivity contribution in [2.24, 2.45) is 11.7 Å². The van der Waals surface area contributed by atoms with E-state index in [0.29, 0.717) is 32.7 Å². The number of halogens is 1. The van der Waals surface area contributed by atoms with E-state index >= 15 is 0 Å². The maximum atomic E-state index is 12.8. The summed E-state index contributed by atoms with van der Waals surface area (Å²) < 4.78 is 28.7. The quantitative estimate of drug-likeness (QED) is 0.854. The summed E-state index contributed by atoms with van der Waals surface area (Å²) in [7, 11) is -3.40. The van der Waals surface area contributed by atoms with Crippen molar-refractivity contribution in [2.45, 2.75) is 26.3 Å². The monoisotopic (exact) mass is 347 g/mol. The summed E-state index contributed by atoms with van der Waals surface area (Å²) in [5.41, 5.74) is 6.72. The Labute approximate surface area is 140 Å². The van der Waals surface area contributed by atoms with Crippen molar-refractivity contribution < 1.29 is 8.42 Å². The van der Waals surface area contributed by atoms with Crippen LogP contribution in [0.3, 0.4) is 0 Å². The maximum absolute atomic E-state index is 12.8. The molecule has 1 unspecified atom stereocenters. The fourth-order valence-electron chi connectivity index (χ4n) is 2.74. The lowest BCUT2D eigenvalue weighted by Crippen LogP contribution is -2.48. The summed E-state index contributed by atoms with van der Waals surface area (Å²) in [6.07, 6.45) is 1.91. The third-order valence-corrected chi connectivity index (χ3v) is 6.05. The van der Waals surface area contributed by atoms with Gasteiger partial charge in [0.2, 0.25) is 0 Å². The Morgan fingerprint density at radius 1 is 1.32 bits per heavy atom. The van der Waals surface area contributed by atoms with E-state index in [1.807, 2.05) is 37.3 Å². The van der Waals surface area contributed by atoms with Gasteiger partial charge in [0.25, 0.3) is 10.2 Å². The first-order valence-electron chi connectivity index (χ1n) is 7.57. The molecule has 5 nitrogen and oxygen atoms in total. The maximum Gasteiger partial charge on any atom is 0.282 e. The molecule has 1 fully saturated rings. The number of nitrogens with zero attached hydrogens (tertiary/aromatic N) is 2. The van der Waals surface area contributed by atoms with E-state index in [9.17, 15) is 8.42 Å². The predicted molar refractivity (Wildman–Crippen MR) is 92.0 cm³/mol. The molecule has 0 aliphatic carbocycles. The second-order valence-corrected chi connectivity index (χ2v) is 7.45. The van der Waals surface area contributed by atoms with Crippen LogP contribution in [0.5, 0.6) is 0 Å². The number of piperidine rings is 1. The van der Waals surface area contributed by atoms with Gasteiger partial charge < -0.3 is 5.73 Å². The fraction of sp³-hybridized carbons (Fsp3) is 0.600. The minimum atomic E-state index is -3.40. The summed E-state index contributed by atoms with van der Waals surface area (Å²) in [6.45, 7) is 4.47. The Morgan fingerprint density at radius 3 is 2.59 bits per heavy atom. The molecule has 0 bridgehead atoms. The largest absolute Gasteiger partial charge is 0.330 e. The average Bonchev–Trinajstić information content (AvgIpc) is 2.53. The molecule has 126 valence electrons. The van der Waals surface area contributed by atoms with Crippen LogP contribution in [-0.2, 0) is 16.8 Å². The Hall–Kier alpha value is -0.660. The number of hydrogen-bond acceptors (Lipinski definition) is 3. The van der Waals surface area contributed by atoms with Crippen LogP contribution in [0, 0.1) is 5.92 Å². The fourth-order valence-corrected chi connectivity index (χ4v) is 4.46. The van der Waals surface area contributed by atoms with Crippen molar-refractivity contribution in [2.75, 3.05) is 26.2 Å². The van der Waals surface area contributed by atoms with Crippen LogP contribution in [0.1, 0.15) is 25.3 Å². The third-order valence-electron chi connectivity index (χ3n) is 4.02. The molecule has 0 saturated carbocycles. The van der Waals surface area contributed by atoms with Crippen molar-refractivity contribution in [3.63, 3.8) is 0 Å². The van der Waals surface area contributed by atoms with Crippen molar-refractivity contribution in [3.8, 4) is 0 Å². The molecule has 2 N–H and O–H groups in total. The first-order chi connectivity index (χ1) is 10.1. The van der Waals surface area contributed by atoms with Crippen LogP contribution in [0.4, 0.5) is 0 Å². The van der Waals surface area contributed by atoms with Crippen LogP contribution in [-0.4, -0.2) is 43.2 Å². The van der Waals surface area contributed by atoms with Gasteiger partial charge in [0.1, 0.15) is 0 Å². The molecule has 1 aliphatic heterocycles. The number of nitrogens with two attached hydrogens (primary N) is 1. The molecule has 0 spiro atoms. The van der Waals surface area contributed by atoms with E-state index in [2.05, 4.69) is 0 Å². The molecule has 1 aliphatic rings. The number of benzene rings is 1. The van der Waals surface area contributed by atoms with Gasteiger partial charge in [0.05, 0.1) is 0 Å². The van der Waals surface area contributed by atoms with E-state index in [0.717, 1.165) is 18.4 Å².